The van der Waals surface area contributed by atoms with Crippen molar-refractivity contribution in [1.82, 2.24) is 15.0 Å². The Morgan fingerprint density at radius 3 is 2.45 bits per heavy atom. The van der Waals surface area contributed by atoms with Gasteiger partial charge >= 0.3 is 5.97 Å². The number of nitrogens with two attached hydrogens (primary N) is 1. The van der Waals surface area contributed by atoms with Crippen molar-refractivity contribution in [3.05, 3.63) is 71.5 Å². The van der Waals surface area contributed by atoms with Crippen LogP contribution in [0.2, 0.25) is 0 Å². The van der Waals surface area contributed by atoms with Gasteiger partial charge in [0.05, 0.1) is 5.41 Å². The van der Waals surface area contributed by atoms with E-state index in [0.29, 0.717) is 5.95 Å². The van der Waals surface area contributed by atoms with Crippen molar-refractivity contribution in [2.75, 3.05) is 11.1 Å². The quantitative estimate of drug-likeness (QED) is 0.591. The van der Waals surface area contributed by atoms with Crippen LogP contribution in [0.15, 0.2) is 54.6 Å². The summed E-state index contributed by atoms with van der Waals surface area (Å²) in [7, 11) is 0. The summed E-state index contributed by atoms with van der Waals surface area (Å²) in [6.07, 6.45) is 0.864. The fraction of sp³-hybridized carbons (Fsp3) is 0.273. The van der Waals surface area contributed by atoms with Gasteiger partial charge in [-0.3, -0.25) is 4.79 Å². The Balaban J connectivity index is 1.72. The van der Waals surface area contributed by atoms with Crippen LogP contribution in [0.3, 0.4) is 0 Å². The first-order valence-electron chi connectivity index (χ1n) is 9.48. The minimum atomic E-state index is -0.791. The van der Waals surface area contributed by atoms with Crippen LogP contribution in [-0.4, -0.2) is 20.9 Å². The molecule has 7 heteroatoms. The van der Waals surface area contributed by atoms with E-state index in [0.717, 1.165) is 23.2 Å². The summed E-state index contributed by atoms with van der Waals surface area (Å²) in [5, 5.41) is 3.17. The van der Waals surface area contributed by atoms with Gasteiger partial charge in [0, 0.05) is 5.69 Å². The van der Waals surface area contributed by atoms with E-state index in [1.165, 1.54) is 0 Å². The van der Waals surface area contributed by atoms with Gasteiger partial charge in [-0.25, -0.2) is 0 Å². The maximum atomic E-state index is 12.6. The van der Waals surface area contributed by atoms with Gasteiger partial charge in [-0.05, 0) is 37.5 Å². The zero-order valence-electron chi connectivity index (χ0n) is 16.8. The third-order valence-corrected chi connectivity index (χ3v) is 4.68. The molecular weight excluding hydrogens is 366 g/mol. The number of carbonyl (C=O) groups excluding carboxylic acids is 1. The molecule has 29 heavy (non-hydrogen) atoms. The van der Waals surface area contributed by atoms with Crippen LogP contribution in [0.25, 0.3) is 0 Å². The molecule has 0 saturated carbocycles. The predicted molar refractivity (Wildman–Crippen MR) is 113 cm³/mol. The van der Waals surface area contributed by atoms with E-state index in [1.54, 1.807) is 0 Å². The SMILES string of the molecule is CCc1ccccc1Nc1nc(N)nc(COC(=O)C(C)(C)c2ccccc2)n1. The number of aromatic nitrogens is 3. The number of hydrogen-bond donors (Lipinski definition) is 2. The number of hydrogen-bond acceptors (Lipinski definition) is 7. The lowest BCUT2D eigenvalue weighted by Crippen LogP contribution is -2.31. The highest BCUT2D eigenvalue weighted by Crippen LogP contribution is 2.25. The van der Waals surface area contributed by atoms with Gasteiger partial charge in [0.2, 0.25) is 11.9 Å². The van der Waals surface area contributed by atoms with Crippen LogP contribution in [-0.2, 0) is 28.0 Å². The van der Waals surface area contributed by atoms with Crippen LogP contribution in [0.4, 0.5) is 17.6 Å². The average molecular weight is 391 g/mol. The zero-order chi connectivity index (χ0) is 20.9. The summed E-state index contributed by atoms with van der Waals surface area (Å²) < 4.78 is 5.48. The molecule has 2 aromatic carbocycles. The number of rotatable bonds is 7. The van der Waals surface area contributed by atoms with Crippen molar-refractivity contribution in [2.24, 2.45) is 0 Å². The average Bonchev–Trinajstić information content (AvgIpc) is 2.72. The van der Waals surface area contributed by atoms with Gasteiger partial charge in [-0.15, -0.1) is 0 Å². The first kappa shape index (κ1) is 20.3. The van der Waals surface area contributed by atoms with Gasteiger partial charge in [0.1, 0.15) is 0 Å². The molecule has 0 aliphatic carbocycles. The Morgan fingerprint density at radius 2 is 1.72 bits per heavy atom. The number of esters is 1. The zero-order valence-corrected chi connectivity index (χ0v) is 16.8. The Bertz CT molecular complexity index is 990. The van der Waals surface area contributed by atoms with E-state index in [4.69, 9.17) is 10.5 Å². The second kappa shape index (κ2) is 8.68. The van der Waals surface area contributed by atoms with Gasteiger partial charge < -0.3 is 15.8 Å². The van der Waals surface area contributed by atoms with E-state index in [1.807, 2.05) is 68.4 Å². The molecule has 3 aromatic rings. The number of nitrogens with one attached hydrogen (secondary N) is 1. The maximum absolute atomic E-state index is 12.6. The van der Waals surface area contributed by atoms with Crippen molar-refractivity contribution in [3.63, 3.8) is 0 Å². The van der Waals surface area contributed by atoms with Crippen molar-refractivity contribution in [2.45, 2.75) is 39.2 Å². The normalized spacial score (nSPS) is 11.1. The van der Waals surface area contributed by atoms with Crippen LogP contribution in [0.1, 0.15) is 37.7 Å². The molecule has 1 aromatic heterocycles. The molecule has 1 heterocycles. The Hall–Kier alpha value is -3.48. The highest BCUT2D eigenvalue weighted by Gasteiger charge is 2.31. The predicted octanol–water partition coefficient (Wildman–Crippen LogP) is 3.78. The van der Waals surface area contributed by atoms with Crippen LogP contribution in [0.5, 0.6) is 0 Å². The van der Waals surface area contributed by atoms with Crippen molar-refractivity contribution in [3.8, 4) is 0 Å². The minimum Gasteiger partial charge on any atom is -0.457 e. The molecular formula is C22H25N5O2. The van der Waals surface area contributed by atoms with Crippen LogP contribution >= 0.6 is 0 Å². The van der Waals surface area contributed by atoms with E-state index < -0.39 is 5.41 Å². The lowest BCUT2D eigenvalue weighted by Gasteiger charge is -2.22. The second-order valence-electron chi connectivity index (χ2n) is 7.14. The molecule has 150 valence electrons. The van der Waals surface area contributed by atoms with E-state index in [2.05, 4.69) is 27.2 Å². The smallest absolute Gasteiger partial charge is 0.316 e. The molecule has 0 saturated heterocycles. The largest absolute Gasteiger partial charge is 0.457 e. The van der Waals surface area contributed by atoms with Gasteiger partial charge in [-0.1, -0.05) is 55.5 Å². The standard InChI is InChI=1S/C22H25N5O2/c1-4-15-10-8-9-13-17(15)24-21-26-18(25-20(23)27-21)14-29-19(28)22(2,3)16-11-6-5-7-12-16/h5-13H,4,14H2,1-3H3,(H3,23,24,25,26,27). The molecule has 0 spiro atoms. The van der Waals surface area contributed by atoms with Crippen molar-refractivity contribution >= 4 is 23.6 Å². The highest BCUT2D eigenvalue weighted by molar-refractivity contribution is 5.82. The molecule has 3 rings (SSSR count). The van der Waals surface area contributed by atoms with E-state index in [9.17, 15) is 4.79 Å². The number of ether oxygens (including phenoxy) is 1. The molecule has 0 amide bonds. The third-order valence-electron chi connectivity index (χ3n) is 4.68. The fourth-order valence-electron chi connectivity index (χ4n) is 2.91. The lowest BCUT2D eigenvalue weighted by atomic mass is 9.85. The molecule has 0 aliphatic rings. The number of para-hydroxylation sites is 1. The number of aryl methyl sites for hydroxylation is 1. The van der Waals surface area contributed by atoms with E-state index in [-0.39, 0.29) is 24.3 Å². The maximum Gasteiger partial charge on any atom is 0.316 e. The summed E-state index contributed by atoms with van der Waals surface area (Å²) in [5.41, 5.74) is 7.93. The second-order valence-corrected chi connectivity index (χ2v) is 7.14. The molecule has 0 atom stereocenters. The van der Waals surface area contributed by atoms with Gasteiger partial charge in [-0.2, -0.15) is 15.0 Å². The van der Waals surface area contributed by atoms with Gasteiger partial charge in [0.25, 0.3) is 0 Å². The van der Waals surface area contributed by atoms with Crippen LogP contribution < -0.4 is 11.1 Å². The molecule has 0 aliphatic heterocycles. The number of nitrogens with zero attached hydrogens (tertiary/aromatic N) is 3. The molecule has 3 N–H and O–H groups in total. The monoisotopic (exact) mass is 391 g/mol. The van der Waals surface area contributed by atoms with Crippen molar-refractivity contribution < 1.29 is 9.53 Å². The number of benzene rings is 2. The van der Waals surface area contributed by atoms with E-state index >= 15 is 0 Å². The fourth-order valence-corrected chi connectivity index (χ4v) is 2.91. The summed E-state index contributed by atoms with van der Waals surface area (Å²) in [5.74, 6) is 0.288. The molecule has 7 nitrogen and oxygen atoms in total. The Labute approximate surface area is 170 Å². The Morgan fingerprint density at radius 1 is 1.03 bits per heavy atom. The molecule has 0 unspecified atom stereocenters. The van der Waals surface area contributed by atoms with Crippen LogP contribution in [0, 0.1) is 0 Å². The van der Waals surface area contributed by atoms with Crippen molar-refractivity contribution in [1.29, 1.82) is 0 Å². The third kappa shape index (κ3) is 4.87. The summed E-state index contributed by atoms with van der Waals surface area (Å²) in [6.45, 7) is 5.62. The summed E-state index contributed by atoms with van der Waals surface area (Å²) in [4.78, 5) is 25.2. The van der Waals surface area contributed by atoms with Gasteiger partial charge in [0.15, 0.2) is 12.4 Å². The molecule has 0 bridgehead atoms. The number of anilines is 3. The first-order chi connectivity index (χ1) is 13.9. The Kier molecular flexibility index (Phi) is 6.07. The minimum absolute atomic E-state index is 0.0600. The lowest BCUT2D eigenvalue weighted by molar-refractivity contribution is -0.151. The first-order valence-corrected chi connectivity index (χ1v) is 9.48. The topological polar surface area (TPSA) is 103 Å². The molecule has 0 fully saturated rings. The number of carbonyl (C=O) groups is 1. The molecule has 0 radical (unpaired) electrons. The number of nitrogen functional groups attached to an aromatic ring is 1. The summed E-state index contributed by atoms with van der Waals surface area (Å²) >= 11 is 0. The summed E-state index contributed by atoms with van der Waals surface area (Å²) in [6, 6.07) is 17.4. The highest BCUT2D eigenvalue weighted by atomic mass is 16.5.